The Bertz CT molecular complexity index is 2210. The molecular weight excluding hydrogens is 1320 g/mol. The molecule has 1 amide bonds. The van der Waals surface area contributed by atoms with Gasteiger partial charge < -0.3 is 89.9 Å². The average Bonchev–Trinajstić information content (AvgIpc) is 0.783. The van der Waals surface area contributed by atoms with E-state index in [9.17, 15) is 61.0 Å². The fourth-order valence-electron chi connectivity index (χ4n) is 13.7. The Balaban J connectivity index is 1.32. The molecule has 0 aromatic rings. The van der Waals surface area contributed by atoms with Crippen LogP contribution in [0.5, 0.6) is 0 Å². The number of carbonyl (C=O) groups is 1. The summed E-state index contributed by atoms with van der Waals surface area (Å²) in [5, 5.41) is 121. The van der Waals surface area contributed by atoms with Crippen molar-refractivity contribution in [2.24, 2.45) is 0 Å². The van der Waals surface area contributed by atoms with Gasteiger partial charge in [-0.05, 0) is 83.5 Å². The molecule has 0 bridgehead atoms. The predicted octanol–water partition coefficient (Wildman–Crippen LogP) is 14.6. The minimum Gasteiger partial charge on any atom is -0.394 e. The zero-order valence-electron chi connectivity index (χ0n) is 64.7. The Morgan fingerprint density at radius 3 is 1.08 bits per heavy atom. The van der Waals surface area contributed by atoms with Crippen molar-refractivity contribution in [1.82, 2.24) is 5.32 Å². The van der Waals surface area contributed by atoms with Crippen molar-refractivity contribution in [1.29, 1.82) is 0 Å². The molecule has 19 heteroatoms. The molecular formula is C85H151NO18. The molecule has 104 heavy (non-hydrogen) atoms. The Morgan fingerprint density at radius 2 is 0.673 bits per heavy atom. The minimum absolute atomic E-state index is 0.233. The number of allylic oxidation sites excluding steroid dienone is 13. The number of aliphatic hydroxyl groups excluding tert-OH is 11. The second-order valence-corrected chi connectivity index (χ2v) is 29.5. The number of unbranched alkanes of at least 4 members (excludes halogenated alkanes) is 38. The fraction of sp³-hybridized carbons (Fsp3) is 0.824. The van der Waals surface area contributed by atoms with E-state index in [0.717, 1.165) is 70.6 Å². The van der Waals surface area contributed by atoms with Gasteiger partial charge in [-0.2, -0.15) is 0 Å². The third-order valence-corrected chi connectivity index (χ3v) is 20.4. The number of carbonyl (C=O) groups excluding carboxylic acids is 1. The van der Waals surface area contributed by atoms with E-state index >= 15 is 0 Å². The van der Waals surface area contributed by atoms with Crippen LogP contribution in [-0.2, 0) is 33.2 Å². The first-order valence-electron chi connectivity index (χ1n) is 41.8. The lowest BCUT2D eigenvalue weighted by atomic mass is 9.96. The molecule has 0 aliphatic carbocycles. The van der Waals surface area contributed by atoms with Crippen LogP contribution in [0.3, 0.4) is 0 Å². The van der Waals surface area contributed by atoms with Crippen LogP contribution in [0.15, 0.2) is 85.1 Å². The molecule has 0 aromatic heterocycles. The summed E-state index contributed by atoms with van der Waals surface area (Å²) in [6, 6.07) is -0.999. The van der Waals surface area contributed by atoms with Gasteiger partial charge in [-0.1, -0.05) is 311 Å². The average molecular weight is 1480 g/mol. The molecule has 604 valence electrons. The standard InChI is InChI=1S/C85H151NO18/c1-3-5-7-9-11-13-15-17-19-21-23-25-26-27-28-29-30-31-32-33-34-35-36-37-38-39-40-41-42-43-45-47-49-51-53-55-57-59-61-63-73(91)86-68(69(90)62-60-58-56-54-52-50-48-46-44-24-22-20-18-16-14-12-10-8-6-4-2)67-99-83-79(97)76(94)81(71(65-88)101-83)104-85-80(98)77(95)82(72(66-89)102-85)103-84-78(96)75(93)74(92)70(64-87)100-84/h5,7,11,13,17,19,23,25,44,46,52,54,60,62,68-72,74-85,87-90,92-98H,3-4,6,8-10,12,14-16,18,20-22,24,26-43,45,47-51,53,55-59,61,63-67H2,1-2H3,(H,86,91)/b7-5-,13-11-,19-17-,25-23-,46-44+,54-52+,62-60+. The summed E-state index contributed by atoms with van der Waals surface area (Å²) in [5.74, 6) is -0.286. The quantitative estimate of drug-likeness (QED) is 0.0199. The lowest BCUT2D eigenvalue weighted by molar-refractivity contribution is -0.379. The molecule has 12 N–H and O–H groups in total. The summed E-state index contributed by atoms with van der Waals surface area (Å²) in [6.07, 6.45) is 60.2. The van der Waals surface area contributed by atoms with Crippen LogP contribution in [0.1, 0.15) is 316 Å². The van der Waals surface area contributed by atoms with E-state index < -0.39 is 124 Å². The zero-order chi connectivity index (χ0) is 75.3. The number of hydrogen-bond donors (Lipinski definition) is 12. The Hall–Kier alpha value is -3.03. The molecule has 3 aliphatic heterocycles. The summed E-state index contributed by atoms with van der Waals surface area (Å²) < 4.78 is 34.4. The van der Waals surface area contributed by atoms with Gasteiger partial charge in [0.15, 0.2) is 18.9 Å². The van der Waals surface area contributed by atoms with Crippen molar-refractivity contribution in [3.63, 3.8) is 0 Å². The van der Waals surface area contributed by atoms with E-state index in [1.165, 1.54) is 212 Å². The van der Waals surface area contributed by atoms with Gasteiger partial charge in [-0.15, -0.1) is 0 Å². The zero-order valence-corrected chi connectivity index (χ0v) is 64.7. The maximum Gasteiger partial charge on any atom is 0.220 e. The number of hydrogen-bond acceptors (Lipinski definition) is 18. The van der Waals surface area contributed by atoms with Crippen molar-refractivity contribution >= 4 is 5.91 Å². The number of ether oxygens (including phenoxy) is 6. The van der Waals surface area contributed by atoms with Crippen molar-refractivity contribution in [3.05, 3.63) is 85.1 Å². The third kappa shape index (κ3) is 44.0. The summed E-state index contributed by atoms with van der Waals surface area (Å²) in [7, 11) is 0. The molecule has 0 saturated carbocycles. The highest BCUT2D eigenvalue weighted by molar-refractivity contribution is 5.76. The van der Waals surface area contributed by atoms with E-state index in [1.807, 2.05) is 6.08 Å². The molecule has 3 rings (SSSR count). The third-order valence-electron chi connectivity index (χ3n) is 20.4. The van der Waals surface area contributed by atoms with Crippen LogP contribution in [0.4, 0.5) is 0 Å². The van der Waals surface area contributed by atoms with E-state index in [2.05, 4.69) is 92.1 Å². The molecule has 19 nitrogen and oxygen atoms in total. The van der Waals surface area contributed by atoms with E-state index in [-0.39, 0.29) is 18.9 Å². The van der Waals surface area contributed by atoms with Crippen LogP contribution in [0, 0.1) is 0 Å². The van der Waals surface area contributed by atoms with Crippen LogP contribution in [0.25, 0.3) is 0 Å². The second kappa shape index (κ2) is 64.8. The maximum atomic E-state index is 13.5. The Kier molecular flexibility index (Phi) is 59.3. The second-order valence-electron chi connectivity index (χ2n) is 29.5. The number of aliphatic hydroxyl groups is 11. The van der Waals surface area contributed by atoms with Gasteiger partial charge in [0, 0.05) is 6.42 Å². The monoisotopic (exact) mass is 1470 g/mol. The van der Waals surface area contributed by atoms with E-state index in [1.54, 1.807) is 6.08 Å². The smallest absolute Gasteiger partial charge is 0.220 e. The molecule has 3 fully saturated rings. The van der Waals surface area contributed by atoms with E-state index in [0.29, 0.717) is 12.8 Å². The molecule has 3 aliphatic rings. The van der Waals surface area contributed by atoms with Crippen molar-refractivity contribution in [2.45, 2.75) is 420 Å². The first kappa shape index (κ1) is 95.2. The minimum atomic E-state index is -1.98. The number of rotatable bonds is 66. The van der Waals surface area contributed by atoms with Gasteiger partial charge in [-0.25, -0.2) is 0 Å². The normalized spacial score (nSPS) is 26.3. The van der Waals surface area contributed by atoms with Crippen LogP contribution >= 0.6 is 0 Å². The van der Waals surface area contributed by atoms with Crippen LogP contribution in [0.2, 0.25) is 0 Å². The summed E-state index contributed by atoms with van der Waals surface area (Å²) in [6.45, 7) is 1.62. The first-order valence-corrected chi connectivity index (χ1v) is 41.8. The molecule has 0 aromatic carbocycles. The van der Waals surface area contributed by atoms with Gasteiger partial charge in [0.2, 0.25) is 5.91 Å². The van der Waals surface area contributed by atoms with Gasteiger partial charge in [-0.3, -0.25) is 4.79 Å². The maximum absolute atomic E-state index is 13.5. The van der Waals surface area contributed by atoms with Gasteiger partial charge in [0.1, 0.15) is 73.2 Å². The SMILES string of the molecule is CC/C=C\C/C=C\C/C=C\C/C=C\CCCCCCCCCCCCCCCCCCCCCCCCCCCCC(=O)NC(COC1OC(CO)C(OC2OC(CO)C(OC3OC(CO)C(O)C(O)C3O)C(O)C2O)C(O)C1O)C(O)/C=C/CC/C=C/CC/C=C/CCCCCCCCCCCC. The van der Waals surface area contributed by atoms with Gasteiger partial charge >= 0.3 is 0 Å². The molecule has 17 atom stereocenters. The Morgan fingerprint density at radius 1 is 0.356 bits per heavy atom. The lowest BCUT2D eigenvalue weighted by Crippen LogP contribution is -2.66. The highest BCUT2D eigenvalue weighted by Gasteiger charge is 2.54. The van der Waals surface area contributed by atoms with Crippen LogP contribution < -0.4 is 5.32 Å². The lowest BCUT2D eigenvalue weighted by Gasteiger charge is -2.48. The van der Waals surface area contributed by atoms with E-state index in [4.69, 9.17) is 28.4 Å². The summed E-state index contributed by atoms with van der Waals surface area (Å²) in [5.41, 5.74) is 0. The largest absolute Gasteiger partial charge is 0.394 e. The molecule has 0 spiro atoms. The molecule has 17 unspecified atom stereocenters. The first-order chi connectivity index (χ1) is 50.8. The highest BCUT2D eigenvalue weighted by atomic mass is 16.8. The Labute approximate surface area is 629 Å². The van der Waals surface area contributed by atoms with Gasteiger partial charge in [0.05, 0.1) is 38.6 Å². The van der Waals surface area contributed by atoms with Gasteiger partial charge in [0.25, 0.3) is 0 Å². The highest BCUT2D eigenvalue weighted by Crippen LogP contribution is 2.33. The number of amides is 1. The molecule has 3 heterocycles. The number of nitrogens with one attached hydrogen (secondary N) is 1. The molecule has 0 radical (unpaired) electrons. The molecule has 3 saturated heterocycles. The predicted molar refractivity (Wildman–Crippen MR) is 415 cm³/mol. The van der Waals surface area contributed by atoms with Crippen molar-refractivity contribution in [2.75, 3.05) is 26.4 Å². The topological polar surface area (TPSA) is 307 Å². The summed E-state index contributed by atoms with van der Waals surface area (Å²) in [4.78, 5) is 13.5. The van der Waals surface area contributed by atoms with Crippen molar-refractivity contribution < 1.29 is 89.4 Å². The fourth-order valence-corrected chi connectivity index (χ4v) is 13.7. The van der Waals surface area contributed by atoms with Crippen molar-refractivity contribution in [3.8, 4) is 0 Å². The summed E-state index contributed by atoms with van der Waals surface area (Å²) >= 11 is 0. The van der Waals surface area contributed by atoms with Crippen LogP contribution in [-0.4, -0.2) is 193 Å².